The van der Waals surface area contributed by atoms with E-state index in [4.69, 9.17) is 13.9 Å². The number of rotatable bonds is 8. The fraction of sp³-hybridized carbons (Fsp3) is 0.545. The number of aryl methyl sites for hydroxylation is 2. The highest BCUT2D eigenvalue weighted by atomic mass is 16.5. The molecule has 7 heteroatoms. The molecule has 1 aromatic carbocycles. The van der Waals surface area contributed by atoms with Crippen LogP contribution in [0.5, 0.6) is 5.75 Å². The molecule has 0 unspecified atom stereocenters. The van der Waals surface area contributed by atoms with Crippen LogP contribution < -0.4 is 20.6 Å². The van der Waals surface area contributed by atoms with Gasteiger partial charge in [-0.05, 0) is 38.0 Å². The fourth-order valence-electron chi connectivity index (χ4n) is 3.67. The molecule has 1 aliphatic rings. The van der Waals surface area contributed by atoms with Crippen LogP contribution in [0.25, 0.3) is 11.0 Å². The van der Waals surface area contributed by atoms with Gasteiger partial charge in [-0.2, -0.15) is 0 Å². The maximum absolute atomic E-state index is 12.4. The number of amides is 1. The molecule has 3 rings (SSSR count). The van der Waals surface area contributed by atoms with Gasteiger partial charge < -0.3 is 24.1 Å². The van der Waals surface area contributed by atoms with E-state index >= 15 is 0 Å². The van der Waals surface area contributed by atoms with Gasteiger partial charge in [-0.3, -0.25) is 4.79 Å². The monoisotopic (exact) mass is 403 g/mol. The summed E-state index contributed by atoms with van der Waals surface area (Å²) in [5, 5.41) is 3.86. The van der Waals surface area contributed by atoms with E-state index in [1.165, 1.54) is 4.90 Å². The van der Waals surface area contributed by atoms with Crippen LogP contribution in [0, 0.1) is 6.92 Å². The number of hydrogen-bond donors (Lipinski definition) is 2. The molecule has 0 saturated carbocycles. The second-order valence-corrected chi connectivity index (χ2v) is 7.57. The third-order valence-electron chi connectivity index (χ3n) is 5.37. The Bertz CT molecular complexity index is 902. The van der Waals surface area contributed by atoms with Crippen molar-refractivity contribution < 1.29 is 23.6 Å². The smallest absolute Gasteiger partial charge is 0.336 e. The summed E-state index contributed by atoms with van der Waals surface area (Å²) in [6.07, 6.45) is 1.11. The van der Waals surface area contributed by atoms with Crippen LogP contribution in [0.3, 0.4) is 0 Å². The molecule has 29 heavy (non-hydrogen) atoms. The summed E-state index contributed by atoms with van der Waals surface area (Å²) < 4.78 is 16.7. The van der Waals surface area contributed by atoms with E-state index in [0.29, 0.717) is 17.9 Å². The van der Waals surface area contributed by atoms with E-state index in [-0.39, 0.29) is 11.5 Å². The van der Waals surface area contributed by atoms with Crippen LogP contribution in [0.1, 0.15) is 31.4 Å². The first kappa shape index (κ1) is 21.3. The van der Waals surface area contributed by atoms with Gasteiger partial charge in [0.05, 0.1) is 26.3 Å². The van der Waals surface area contributed by atoms with Gasteiger partial charge in [0.25, 0.3) is 5.91 Å². The number of morpholine rings is 1. The van der Waals surface area contributed by atoms with Gasteiger partial charge in [-0.25, -0.2) is 4.79 Å². The van der Waals surface area contributed by atoms with Crippen molar-refractivity contribution >= 4 is 16.9 Å². The molecule has 2 aromatic rings. The fourth-order valence-corrected chi connectivity index (χ4v) is 3.67. The lowest BCUT2D eigenvalue weighted by Gasteiger charge is -2.24. The summed E-state index contributed by atoms with van der Waals surface area (Å²) >= 11 is 0. The Morgan fingerprint density at radius 2 is 2.07 bits per heavy atom. The highest BCUT2D eigenvalue weighted by molar-refractivity contribution is 5.85. The Morgan fingerprint density at radius 3 is 2.79 bits per heavy atom. The average molecular weight is 403 g/mol. The van der Waals surface area contributed by atoms with Crippen molar-refractivity contribution in [2.24, 2.45) is 0 Å². The van der Waals surface area contributed by atoms with Gasteiger partial charge >= 0.3 is 5.63 Å². The molecule has 7 nitrogen and oxygen atoms in total. The molecule has 1 fully saturated rings. The lowest BCUT2D eigenvalue weighted by atomic mass is 10.0. The largest absolute Gasteiger partial charge is 0.480 e. The summed E-state index contributed by atoms with van der Waals surface area (Å²) in [6.45, 7) is 10.6. The third kappa shape index (κ3) is 5.36. The number of ether oxygens (including phenoxy) is 2. The second kappa shape index (κ2) is 9.89. The number of nitrogens with one attached hydrogen (secondary N) is 2. The quantitative estimate of drug-likeness (QED) is 0.639. The van der Waals surface area contributed by atoms with E-state index in [0.717, 1.165) is 62.2 Å². The summed E-state index contributed by atoms with van der Waals surface area (Å²) in [4.78, 5) is 25.8. The Balaban J connectivity index is 1.64. The number of carbonyl (C=O) groups excluding carboxylic acids is 1. The van der Waals surface area contributed by atoms with Crippen molar-refractivity contribution in [3.05, 3.63) is 39.7 Å². The van der Waals surface area contributed by atoms with Crippen molar-refractivity contribution in [2.75, 3.05) is 39.4 Å². The SMILES string of the molecule is CCCc1cc(=O)oc2c(C)c(O[C@@H](C)C(=O)NCC[NH+]3CCOCC3)ccc12. The first-order valence-corrected chi connectivity index (χ1v) is 10.4. The van der Waals surface area contributed by atoms with Crippen molar-refractivity contribution in [2.45, 2.75) is 39.7 Å². The minimum absolute atomic E-state index is 0.154. The number of quaternary nitrogens is 1. The number of hydrogen-bond acceptors (Lipinski definition) is 5. The Hall–Kier alpha value is -2.38. The summed E-state index contributed by atoms with van der Waals surface area (Å²) in [5.41, 5.74) is 1.87. The maximum Gasteiger partial charge on any atom is 0.336 e. The van der Waals surface area contributed by atoms with Crippen molar-refractivity contribution in [1.29, 1.82) is 0 Å². The molecule has 0 bridgehead atoms. The van der Waals surface area contributed by atoms with Crippen LogP contribution in [-0.4, -0.2) is 51.4 Å². The van der Waals surface area contributed by atoms with Crippen LogP contribution in [0.15, 0.2) is 27.4 Å². The van der Waals surface area contributed by atoms with E-state index < -0.39 is 6.10 Å². The Labute approximate surface area is 171 Å². The molecule has 0 spiro atoms. The second-order valence-electron chi connectivity index (χ2n) is 7.57. The molecular weight excluding hydrogens is 372 g/mol. The van der Waals surface area contributed by atoms with Crippen molar-refractivity contribution in [3.8, 4) is 5.75 Å². The highest BCUT2D eigenvalue weighted by Gasteiger charge is 2.19. The summed E-state index contributed by atoms with van der Waals surface area (Å²) in [6, 6.07) is 5.30. The molecule has 1 atom stereocenters. The van der Waals surface area contributed by atoms with Crippen LogP contribution in [0.4, 0.5) is 0 Å². The minimum Gasteiger partial charge on any atom is -0.480 e. The van der Waals surface area contributed by atoms with Crippen LogP contribution in [0.2, 0.25) is 0 Å². The number of carbonyl (C=O) groups is 1. The molecule has 1 saturated heterocycles. The maximum atomic E-state index is 12.4. The summed E-state index contributed by atoms with van der Waals surface area (Å²) in [5.74, 6) is 0.397. The van der Waals surface area contributed by atoms with Crippen molar-refractivity contribution in [1.82, 2.24) is 5.32 Å². The van der Waals surface area contributed by atoms with E-state index in [1.54, 1.807) is 13.0 Å². The lowest BCUT2D eigenvalue weighted by molar-refractivity contribution is -0.906. The molecule has 1 amide bonds. The van der Waals surface area contributed by atoms with Gasteiger partial charge in [0.15, 0.2) is 6.10 Å². The molecule has 1 aromatic heterocycles. The zero-order chi connectivity index (χ0) is 20.8. The van der Waals surface area contributed by atoms with E-state index in [9.17, 15) is 9.59 Å². The minimum atomic E-state index is -0.642. The first-order chi connectivity index (χ1) is 14.0. The van der Waals surface area contributed by atoms with E-state index in [1.807, 2.05) is 19.1 Å². The van der Waals surface area contributed by atoms with Gasteiger partial charge in [0.1, 0.15) is 24.4 Å². The molecule has 2 heterocycles. The molecular formula is C22H31N2O5+. The third-order valence-corrected chi connectivity index (χ3v) is 5.37. The van der Waals surface area contributed by atoms with Crippen LogP contribution in [-0.2, 0) is 16.0 Å². The number of benzene rings is 1. The summed E-state index contributed by atoms with van der Waals surface area (Å²) in [7, 11) is 0. The predicted molar refractivity (Wildman–Crippen MR) is 111 cm³/mol. The highest BCUT2D eigenvalue weighted by Crippen LogP contribution is 2.29. The topological polar surface area (TPSA) is 82.2 Å². The number of fused-ring (bicyclic) bond motifs is 1. The average Bonchev–Trinajstić information content (AvgIpc) is 2.71. The lowest BCUT2D eigenvalue weighted by Crippen LogP contribution is -3.14. The normalized spacial score (nSPS) is 16.0. The van der Waals surface area contributed by atoms with Gasteiger partial charge in [-0.1, -0.05) is 13.3 Å². The molecule has 0 aliphatic carbocycles. The van der Waals surface area contributed by atoms with Gasteiger partial charge in [0.2, 0.25) is 0 Å². The van der Waals surface area contributed by atoms with E-state index in [2.05, 4.69) is 12.2 Å². The van der Waals surface area contributed by atoms with Gasteiger partial charge in [0, 0.05) is 17.0 Å². The molecule has 2 N–H and O–H groups in total. The standard InChI is InChI=1S/C22H30N2O5/c1-4-5-17-14-20(25)29-21-15(2)19(7-6-18(17)21)28-16(3)22(26)23-8-9-24-10-12-27-13-11-24/h6-7,14,16H,4-5,8-13H2,1-3H3,(H,23,26)/p+1/t16-/m0/s1. The van der Waals surface area contributed by atoms with Crippen molar-refractivity contribution in [3.63, 3.8) is 0 Å². The van der Waals surface area contributed by atoms with Gasteiger partial charge in [-0.15, -0.1) is 0 Å². The van der Waals surface area contributed by atoms with Crippen LogP contribution >= 0.6 is 0 Å². The Kier molecular flexibility index (Phi) is 7.28. The zero-order valence-electron chi connectivity index (χ0n) is 17.5. The zero-order valence-corrected chi connectivity index (χ0v) is 17.5. The predicted octanol–water partition coefficient (Wildman–Crippen LogP) is 0.853. The molecule has 1 aliphatic heterocycles. The molecule has 158 valence electrons. The Morgan fingerprint density at radius 1 is 1.31 bits per heavy atom. The first-order valence-electron chi connectivity index (χ1n) is 10.4. The molecule has 0 radical (unpaired) electrons.